The summed E-state index contributed by atoms with van der Waals surface area (Å²) in [5.41, 5.74) is 1.11. The van der Waals surface area contributed by atoms with Crippen LogP contribution >= 0.6 is 11.8 Å². The van der Waals surface area contributed by atoms with E-state index in [0.717, 1.165) is 31.1 Å². The molecule has 0 aliphatic carbocycles. The fourth-order valence-corrected chi connectivity index (χ4v) is 3.90. The van der Waals surface area contributed by atoms with Crippen molar-refractivity contribution in [1.29, 1.82) is 0 Å². The number of rotatable bonds is 4. The Kier molecular flexibility index (Phi) is 5.37. The largest absolute Gasteiger partial charge is 0.355 e. The number of nitrogens with one attached hydrogen (secondary N) is 2. The number of amides is 3. The molecule has 0 spiro atoms. The van der Waals surface area contributed by atoms with Gasteiger partial charge in [-0.2, -0.15) is 4.99 Å². The topological polar surface area (TPSA) is 90.9 Å². The van der Waals surface area contributed by atoms with Gasteiger partial charge in [-0.15, -0.1) is 0 Å². The van der Waals surface area contributed by atoms with Crippen LogP contribution in [0.15, 0.2) is 29.3 Å². The zero-order valence-electron chi connectivity index (χ0n) is 13.9. The molecule has 3 rings (SSSR count). The van der Waals surface area contributed by atoms with Gasteiger partial charge in [0.15, 0.2) is 5.17 Å². The number of nitrogens with zero attached hydrogens (tertiary/aromatic N) is 2. The summed E-state index contributed by atoms with van der Waals surface area (Å²) in [6.07, 6.45) is 2.32. The predicted molar refractivity (Wildman–Crippen MR) is 97.7 cm³/mol. The van der Waals surface area contributed by atoms with Crippen LogP contribution < -0.4 is 10.6 Å². The number of benzene rings is 1. The molecular weight excluding hydrogens is 340 g/mol. The van der Waals surface area contributed by atoms with Crippen molar-refractivity contribution in [1.82, 2.24) is 10.2 Å². The van der Waals surface area contributed by atoms with E-state index in [1.54, 1.807) is 31.3 Å². The number of thioether (sulfide) groups is 1. The number of carbonyl (C=O) groups excluding carboxylic acids is 3. The molecule has 2 heterocycles. The van der Waals surface area contributed by atoms with Crippen molar-refractivity contribution in [2.45, 2.75) is 24.5 Å². The van der Waals surface area contributed by atoms with Crippen molar-refractivity contribution in [3.05, 3.63) is 29.8 Å². The highest BCUT2D eigenvalue weighted by atomic mass is 32.2. The van der Waals surface area contributed by atoms with Gasteiger partial charge in [0.05, 0.1) is 0 Å². The molecule has 1 saturated heterocycles. The van der Waals surface area contributed by atoms with Crippen molar-refractivity contribution in [3.8, 4) is 0 Å². The van der Waals surface area contributed by atoms with Crippen LogP contribution in [0.2, 0.25) is 0 Å². The molecule has 0 saturated carbocycles. The summed E-state index contributed by atoms with van der Waals surface area (Å²) in [4.78, 5) is 41.9. The van der Waals surface area contributed by atoms with Crippen LogP contribution in [0.3, 0.4) is 0 Å². The zero-order valence-corrected chi connectivity index (χ0v) is 14.8. The Bertz CT molecular complexity index is 711. The van der Waals surface area contributed by atoms with E-state index in [2.05, 4.69) is 20.5 Å². The number of amidine groups is 1. The number of carbonyl (C=O) groups is 3. The molecule has 2 aliphatic rings. The van der Waals surface area contributed by atoms with Gasteiger partial charge < -0.3 is 15.5 Å². The van der Waals surface area contributed by atoms with Gasteiger partial charge >= 0.3 is 0 Å². The van der Waals surface area contributed by atoms with E-state index in [4.69, 9.17) is 0 Å². The Labute approximate surface area is 150 Å². The van der Waals surface area contributed by atoms with Crippen LogP contribution in [0.4, 0.5) is 5.69 Å². The maximum absolute atomic E-state index is 12.2. The lowest BCUT2D eigenvalue weighted by Gasteiger charge is -2.16. The van der Waals surface area contributed by atoms with Crippen LogP contribution in [0.1, 0.15) is 29.6 Å². The standard InChI is InChI=1S/C17H20N4O3S/c1-18-15(23)11-4-6-12(7-5-11)19-14(22)10-13-16(24)20-17(25-13)21-8-2-3-9-21/h4-7,13H,2-3,8-10H2,1H3,(H,18,23)(H,19,22)/t13-/m0/s1. The average molecular weight is 360 g/mol. The van der Waals surface area contributed by atoms with E-state index in [9.17, 15) is 14.4 Å². The molecule has 2 aliphatic heterocycles. The fourth-order valence-electron chi connectivity index (χ4n) is 2.78. The SMILES string of the molecule is CNC(=O)c1ccc(NC(=O)C[C@@H]2SC(N3CCCC3)=NC2=O)cc1. The molecule has 132 valence electrons. The third-order valence-electron chi connectivity index (χ3n) is 4.13. The smallest absolute Gasteiger partial charge is 0.262 e. The van der Waals surface area contributed by atoms with Gasteiger partial charge in [0.25, 0.3) is 11.8 Å². The monoisotopic (exact) mass is 360 g/mol. The van der Waals surface area contributed by atoms with E-state index >= 15 is 0 Å². The highest BCUT2D eigenvalue weighted by Gasteiger charge is 2.33. The Morgan fingerprint density at radius 2 is 1.92 bits per heavy atom. The first kappa shape index (κ1) is 17.5. The maximum Gasteiger partial charge on any atom is 0.262 e. The Morgan fingerprint density at radius 1 is 1.24 bits per heavy atom. The van der Waals surface area contributed by atoms with E-state index < -0.39 is 5.25 Å². The van der Waals surface area contributed by atoms with E-state index in [-0.39, 0.29) is 24.1 Å². The average Bonchev–Trinajstić information content (AvgIpc) is 3.25. The van der Waals surface area contributed by atoms with Crippen LogP contribution in [-0.2, 0) is 9.59 Å². The molecule has 25 heavy (non-hydrogen) atoms. The number of aliphatic imine (C=N–C) groups is 1. The second kappa shape index (κ2) is 7.69. The van der Waals surface area contributed by atoms with Gasteiger partial charge in [-0.3, -0.25) is 14.4 Å². The van der Waals surface area contributed by atoms with E-state index in [1.807, 2.05) is 0 Å². The highest BCUT2D eigenvalue weighted by Crippen LogP contribution is 2.29. The fraction of sp³-hybridized carbons (Fsp3) is 0.412. The first-order chi connectivity index (χ1) is 12.1. The molecule has 1 aromatic carbocycles. The molecule has 0 unspecified atom stereocenters. The Morgan fingerprint density at radius 3 is 2.56 bits per heavy atom. The first-order valence-corrected chi connectivity index (χ1v) is 9.11. The molecule has 7 nitrogen and oxygen atoms in total. The Balaban J connectivity index is 1.53. The molecule has 8 heteroatoms. The molecule has 1 aromatic rings. The summed E-state index contributed by atoms with van der Waals surface area (Å²) < 4.78 is 0. The molecule has 1 atom stereocenters. The summed E-state index contributed by atoms with van der Waals surface area (Å²) in [6, 6.07) is 6.60. The number of hydrogen-bond donors (Lipinski definition) is 2. The summed E-state index contributed by atoms with van der Waals surface area (Å²) in [7, 11) is 1.56. The summed E-state index contributed by atoms with van der Waals surface area (Å²) in [5, 5.41) is 5.58. The minimum atomic E-state index is -0.458. The van der Waals surface area contributed by atoms with Gasteiger partial charge in [0.1, 0.15) is 5.25 Å². The lowest BCUT2D eigenvalue weighted by atomic mass is 10.2. The van der Waals surface area contributed by atoms with Crippen LogP contribution in [0, 0.1) is 0 Å². The van der Waals surface area contributed by atoms with Crippen LogP contribution in [0.25, 0.3) is 0 Å². The lowest BCUT2D eigenvalue weighted by Crippen LogP contribution is -2.25. The first-order valence-electron chi connectivity index (χ1n) is 8.23. The normalized spacial score (nSPS) is 19.7. The predicted octanol–water partition coefficient (Wildman–Crippen LogP) is 1.47. The third kappa shape index (κ3) is 4.19. The molecule has 0 aromatic heterocycles. The molecule has 3 amide bonds. The van der Waals surface area contributed by atoms with Gasteiger partial charge in [-0.25, -0.2) is 0 Å². The van der Waals surface area contributed by atoms with Crippen molar-refractivity contribution in [3.63, 3.8) is 0 Å². The number of anilines is 1. The van der Waals surface area contributed by atoms with Crippen molar-refractivity contribution in [2.75, 3.05) is 25.5 Å². The quantitative estimate of drug-likeness (QED) is 0.848. The highest BCUT2D eigenvalue weighted by molar-refractivity contribution is 8.15. The van der Waals surface area contributed by atoms with Crippen LogP contribution in [-0.4, -0.2) is 53.2 Å². The van der Waals surface area contributed by atoms with E-state index in [1.165, 1.54) is 11.8 Å². The van der Waals surface area contributed by atoms with Crippen molar-refractivity contribution >= 4 is 40.3 Å². The van der Waals surface area contributed by atoms with Gasteiger partial charge in [-0.1, -0.05) is 11.8 Å². The van der Waals surface area contributed by atoms with Crippen LogP contribution in [0.5, 0.6) is 0 Å². The zero-order chi connectivity index (χ0) is 17.8. The van der Waals surface area contributed by atoms with Crippen molar-refractivity contribution in [2.24, 2.45) is 4.99 Å². The summed E-state index contributed by atoms with van der Waals surface area (Å²) >= 11 is 1.38. The lowest BCUT2D eigenvalue weighted by molar-refractivity contribution is -0.121. The summed E-state index contributed by atoms with van der Waals surface area (Å²) in [6.45, 7) is 1.85. The Hall–Kier alpha value is -2.35. The minimum absolute atomic E-state index is 0.0849. The molecule has 1 fully saturated rings. The van der Waals surface area contributed by atoms with Gasteiger partial charge in [0, 0.05) is 37.8 Å². The molecule has 0 radical (unpaired) electrons. The van der Waals surface area contributed by atoms with Gasteiger partial charge in [0.2, 0.25) is 5.91 Å². The summed E-state index contributed by atoms with van der Waals surface area (Å²) in [5.74, 6) is -0.661. The van der Waals surface area contributed by atoms with E-state index in [0.29, 0.717) is 11.3 Å². The molecule has 0 bridgehead atoms. The van der Waals surface area contributed by atoms with Crippen molar-refractivity contribution < 1.29 is 14.4 Å². The maximum atomic E-state index is 12.2. The number of hydrogen-bond acceptors (Lipinski definition) is 5. The third-order valence-corrected chi connectivity index (χ3v) is 5.35. The van der Waals surface area contributed by atoms with Gasteiger partial charge in [-0.05, 0) is 37.1 Å². The molecular formula is C17H20N4O3S. The second-order valence-corrected chi connectivity index (χ2v) is 7.11. The minimum Gasteiger partial charge on any atom is -0.355 e. The molecule has 2 N–H and O–H groups in total. The second-order valence-electron chi connectivity index (χ2n) is 5.94. The number of likely N-dealkylation sites (tertiary alicyclic amines) is 1.